The first-order chi connectivity index (χ1) is 9.07. The number of nitrogens with one attached hydrogen (secondary N) is 1. The van der Waals surface area contributed by atoms with Crippen LogP contribution in [0.1, 0.15) is 59.8 Å². The Morgan fingerprint density at radius 3 is 2.58 bits per heavy atom. The minimum Gasteiger partial charge on any atom is -0.313 e. The molecule has 2 aliphatic rings. The van der Waals surface area contributed by atoms with E-state index in [1.54, 1.807) is 0 Å². The Labute approximate surface area is 120 Å². The number of nitrogens with zero attached hydrogens (tertiary/aromatic N) is 1. The Balaban J connectivity index is 1.75. The SMILES string of the molecule is CCCN1CCCC(C(C)NCC2(C(C)C)CC2)C1. The second-order valence-electron chi connectivity index (χ2n) is 7.39. The molecule has 2 heteroatoms. The molecule has 1 aliphatic carbocycles. The van der Waals surface area contributed by atoms with Gasteiger partial charge in [-0.2, -0.15) is 0 Å². The highest BCUT2D eigenvalue weighted by molar-refractivity contribution is 4.98. The molecule has 0 aromatic carbocycles. The lowest BCUT2D eigenvalue weighted by Gasteiger charge is -2.36. The molecule has 1 saturated heterocycles. The van der Waals surface area contributed by atoms with Crippen LogP contribution in [-0.2, 0) is 0 Å². The number of hydrogen-bond donors (Lipinski definition) is 1. The quantitative estimate of drug-likeness (QED) is 0.758. The lowest BCUT2D eigenvalue weighted by Crippen LogP contribution is -2.46. The summed E-state index contributed by atoms with van der Waals surface area (Å²) in [5, 5.41) is 3.87. The fraction of sp³-hybridized carbons (Fsp3) is 1.00. The van der Waals surface area contributed by atoms with Crippen molar-refractivity contribution in [3.8, 4) is 0 Å². The average Bonchev–Trinajstić information content (AvgIpc) is 3.18. The first-order valence-corrected chi connectivity index (χ1v) is 8.53. The second-order valence-corrected chi connectivity index (χ2v) is 7.39. The first-order valence-electron chi connectivity index (χ1n) is 8.53. The van der Waals surface area contributed by atoms with Gasteiger partial charge in [0.05, 0.1) is 0 Å². The summed E-state index contributed by atoms with van der Waals surface area (Å²) in [4.78, 5) is 2.67. The maximum Gasteiger partial charge on any atom is 0.00794 e. The van der Waals surface area contributed by atoms with E-state index in [0.717, 1.165) is 11.8 Å². The van der Waals surface area contributed by atoms with Gasteiger partial charge in [0.15, 0.2) is 0 Å². The predicted octanol–water partition coefficient (Wildman–Crippen LogP) is 3.52. The van der Waals surface area contributed by atoms with E-state index in [-0.39, 0.29) is 0 Å². The van der Waals surface area contributed by atoms with Crippen molar-refractivity contribution < 1.29 is 0 Å². The summed E-state index contributed by atoms with van der Waals surface area (Å²) in [5.41, 5.74) is 0.645. The minimum absolute atomic E-state index is 0.645. The molecule has 1 heterocycles. The Hall–Kier alpha value is -0.0800. The van der Waals surface area contributed by atoms with Crippen LogP contribution in [0.4, 0.5) is 0 Å². The van der Waals surface area contributed by atoms with Gasteiger partial charge in [0.1, 0.15) is 0 Å². The highest BCUT2D eigenvalue weighted by Gasteiger charge is 2.45. The van der Waals surface area contributed by atoms with Crippen LogP contribution >= 0.6 is 0 Å². The third-order valence-corrected chi connectivity index (χ3v) is 5.68. The van der Waals surface area contributed by atoms with Gasteiger partial charge in [0.25, 0.3) is 0 Å². The van der Waals surface area contributed by atoms with Gasteiger partial charge in [-0.05, 0) is 69.4 Å². The van der Waals surface area contributed by atoms with Gasteiger partial charge in [-0.1, -0.05) is 20.8 Å². The molecule has 2 nitrogen and oxygen atoms in total. The fourth-order valence-corrected chi connectivity index (χ4v) is 3.67. The molecule has 1 aliphatic heterocycles. The monoisotopic (exact) mass is 266 g/mol. The van der Waals surface area contributed by atoms with Crippen molar-refractivity contribution in [3.63, 3.8) is 0 Å². The van der Waals surface area contributed by atoms with Crippen molar-refractivity contribution in [2.45, 2.75) is 65.8 Å². The molecule has 0 aromatic rings. The number of rotatable bonds is 7. The van der Waals surface area contributed by atoms with Gasteiger partial charge >= 0.3 is 0 Å². The normalized spacial score (nSPS) is 28.6. The molecule has 2 rings (SSSR count). The molecule has 19 heavy (non-hydrogen) atoms. The van der Waals surface area contributed by atoms with Gasteiger partial charge < -0.3 is 10.2 Å². The van der Waals surface area contributed by atoms with Crippen LogP contribution in [0.15, 0.2) is 0 Å². The van der Waals surface area contributed by atoms with Crippen LogP contribution in [0.25, 0.3) is 0 Å². The maximum atomic E-state index is 3.87. The highest BCUT2D eigenvalue weighted by atomic mass is 15.1. The maximum absolute atomic E-state index is 3.87. The van der Waals surface area contributed by atoms with E-state index in [2.05, 4.69) is 37.9 Å². The van der Waals surface area contributed by atoms with Gasteiger partial charge in [0.2, 0.25) is 0 Å². The standard InChI is InChI=1S/C17H34N2/c1-5-10-19-11-6-7-16(12-19)15(4)18-13-17(8-9-17)14(2)3/h14-16,18H,5-13H2,1-4H3. The van der Waals surface area contributed by atoms with Gasteiger partial charge in [-0.15, -0.1) is 0 Å². The van der Waals surface area contributed by atoms with Crippen molar-refractivity contribution in [3.05, 3.63) is 0 Å². The molecule has 1 N–H and O–H groups in total. The molecule has 1 saturated carbocycles. The molecule has 0 amide bonds. The molecule has 2 atom stereocenters. The van der Waals surface area contributed by atoms with Crippen LogP contribution in [0.3, 0.4) is 0 Å². The smallest absolute Gasteiger partial charge is 0.00794 e. The summed E-state index contributed by atoms with van der Waals surface area (Å²) in [6.07, 6.45) is 6.99. The van der Waals surface area contributed by atoms with E-state index in [1.165, 1.54) is 58.3 Å². The molecule has 0 spiro atoms. The Kier molecular flexibility index (Phi) is 5.30. The Morgan fingerprint density at radius 2 is 2.00 bits per heavy atom. The molecule has 2 unspecified atom stereocenters. The lowest BCUT2D eigenvalue weighted by molar-refractivity contribution is 0.146. The van der Waals surface area contributed by atoms with E-state index in [9.17, 15) is 0 Å². The summed E-state index contributed by atoms with van der Waals surface area (Å²) in [5.74, 6) is 1.71. The zero-order valence-corrected chi connectivity index (χ0v) is 13.5. The third-order valence-electron chi connectivity index (χ3n) is 5.68. The molecule has 0 aromatic heterocycles. The summed E-state index contributed by atoms with van der Waals surface area (Å²) in [7, 11) is 0. The summed E-state index contributed by atoms with van der Waals surface area (Å²) < 4.78 is 0. The van der Waals surface area contributed by atoms with E-state index in [1.807, 2.05) is 0 Å². The molecule has 0 radical (unpaired) electrons. The fourth-order valence-electron chi connectivity index (χ4n) is 3.67. The Morgan fingerprint density at radius 1 is 1.26 bits per heavy atom. The molecule has 2 fully saturated rings. The van der Waals surface area contributed by atoms with Crippen molar-refractivity contribution in [1.82, 2.24) is 10.2 Å². The van der Waals surface area contributed by atoms with Crippen molar-refractivity contribution in [2.75, 3.05) is 26.2 Å². The van der Waals surface area contributed by atoms with Crippen molar-refractivity contribution in [2.24, 2.45) is 17.3 Å². The van der Waals surface area contributed by atoms with E-state index in [4.69, 9.17) is 0 Å². The largest absolute Gasteiger partial charge is 0.313 e. The molecule has 112 valence electrons. The average molecular weight is 266 g/mol. The van der Waals surface area contributed by atoms with Crippen LogP contribution in [-0.4, -0.2) is 37.1 Å². The lowest BCUT2D eigenvalue weighted by atomic mass is 9.89. The zero-order valence-electron chi connectivity index (χ0n) is 13.5. The summed E-state index contributed by atoms with van der Waals surface area (Å²) >= 11 is 0. The number of likely N-dealkylation sites (tertiary alicyclic amines) is 1. The Bertz CT molecular complexity index is 268. The summed E-state index contributed by atoms with van der Waals surface area (Å²) in [6, 6.07) is 0.691. The second kappa shape index (κ2) is 6.58. The number of piperidine rings is 1. The van der Waals surface area contributed by atoms with Crippen LogP contribution in [0.2, 0.25) is 0 Å². The van der Waals surface area contributed by atoms with Gasteiger partial charge in [-0.25, -0.2) is 0 Å². The molecule has 0 bridgehead atoms. The first kappa shape index (κ1) is 15.3. The third kappa shape index (κ3) is 3.95. The topological polar surface area (TPSA) is 15.3 Å². The van der Waals surface area contributed by atoms with Crippen LogP contribution in [0, 0.1) is 17.3 Å². The minimum atomic E-state index is 0.645. The van der Waals surface area contributed by atoms with Crippen molar-refractivity contribution >= 4 is 0 Å². The molecular weight excluding hydrogens is 232 g/mol. The zero-order chi connectivity index (χ0) is 13.9. The summed E-state index contributed by atoms with van der Waals surface area (Å²) in [6.45, 7) is 14.7. The van der Waals surface area contributed by atoms with E-state index in [0.29, 0.717) is 11.5 Å². The van der Waals surface area contributed by atoms with Crippen LogP contribution < -0.4 is 5.32 Å². The van der Waals surface area contributed by atoms with Crippen LogP contribution in [0.5, 0.6) is 0 Å². The predicted molar refractivity (Wildman–Crippen MR) is 83.4 cm³/mol. The molecular formula is C17H34N2. The van der Waals surface area contributed by atoms with E-state index < -0.39 is 0 Å². The van der Waals surface area contributed by atoms with Gasteiger partial charge in [-0.3, -0.25) is 0 Å². The number of hydrogen-bond acceptors (Lipinski definition) is 2. The highest BCUT2D eigenvalue weighted by Crippen LogP contribution is 2.51. The van der Waals surface area contributed by atoms with Gasteiger partial charge in [0, 0.05) is 19.1 Å². The van der Waals surface area contributed by atoms with E-state index >= 15 is 0 Å². The van der Waals surface area contributed by atoms with Crippen molar-refractivity contribution in [1.29, 1.82) is 0 Å².